The molecule has 1 aromatic rings. The Hall–Kier alpha value is -2.57. The normalized spacial score (nSPS) is 18.5. The van der Waals surface area contributed by atoms with Crippen LogP contribution >= 0.6 is 0 Å². The van der Waals surface area contributed by atoms with Gasteiger partial charge in [0, 0.05) is 23.4 Å². The number of nitrogens with one attached hydrogen (secondary N) is 1. The molecule has 1 saturated heterocycles. The number of anilines is 2. The first-order chi connectivity index (χ1) is 9.52. The monoisotopic (exact) mass is 276 g/mol. The molecule has 1 heterocycles. The molecule has 0 aromatic heterocycles. The van der Waals surface area contributed by atoms with Crippen molar-refractivity contribution in [1.29, 1.82) is 0 Å². The maximum atomic E-state index is 11.8. The van der Waals surface area contributed by atoms with Crippen LogP contribution in [0.5, 0.6) is 0 Å². The summed E-state index contributed by atoms with van der Waals surface area (Å²) < 4.78 is 0. The standard InChI is InChI=1S/C13H16N4O3/c14-9-2-1-3-10(15)8(9)6-17(7-18)11-4-5-12(19)16-13(11)20/h1-3,7,11H,4-6,14-15H2,(H,16,19,20). The lowest BCUT2D eigenvalue weighted by Gasteiger charge is -2.30. The van der Waals surface area contributed by atoms with Crippen molar-refractivity contribution in [3.63, 3.8) is 0 Å². The van der Waals surface area contributed by atoms with Crippen molar-refractivity contribution in [2.24, 2.45) is 0 Å². The van der Waals surface area contributed by atoms with E-state index < -0.39 is 11.9 Å². The van der Waals surface area contributed by atoms with Crippen LogP contribution in [0.4, 0.5) is 11.4 Å². The molecule has 1 unspecified atom stereocenters. The molecule has 7 nitrogen and oxygen atoms in total. The minimum absolute atomic E-state index is 0.133. The molecule has 0 bridgehead atoms. The Balaban J connectivity index is 2.19. The van der Waals surface area contributed by atoms with Gasteiger partial charge >= 0.3 is 0 Å². The third-order valence-electron chi connectivity index (χ3n) is 3.34. The molecular formula is C13H16N4O3. The first-order valence-corrected chi connectivity index (χ1v) is 6.20. The molecule has 3 amide bonds. The molecule has 1 aliphatic heterocycles. The Labute approximate surface area is 115 Å². The van der Waals surface area contributed by atoms with Gasteiger partial charge in [-0.15, -0.1) is 0 Å². The first-order valence-electron chi connectivity index (χ1n) is 6.20. The average Bonchev–Trinajstić information content (AvgIpc) is 2.40. The van der Waals surface area contributed by atoms with Crippen molar-refractivity contribution < 1.29 is 14.4 Å². The number of imide groups is 1. The van der Waals surface area contributed by atoms with Crippen molar-refractivity contribution in [3.8, 4) is 0 Å². The molecule has 0 saturated carbocycles. The quantitative estimate of drug-likeness (QED) is 0.393. The second-order valence-electron chi connectivity index (χ2n) is 4.66. The third-order valence-corrected chi connectivity index (χ3v) is 3.34. The average molecular weight is 276 g/mol. The van der Waals surface area contributed by atoms with E-state index in [-0.39, 0.29) is 18.9 Å². The lowest BCUT2D eigenvalue weighted by atomic mass is 10.0. The van der Waals surface area contributed by atoms with E-state index in [1.165, 1.54) is 4.90 Å². The summed E-state index contributed by atoms with van der Waals surface area (Å²) in [5, 5.41) is 2.22. The summed E-state index contributed by atoms with van der Waals surface area (Å²) in [6.07, 6.45) is 1.09. The highest BCUT2D eigenvalue weighted by atomic mass is 16.2. The number of rotatable bonds is 4. The van der Waals surface area contributed by atoms with E-state index in [2.05, 4.69) is 5.32 Å². The number of nitrogen functional groups attached to an aromatic ring is 2. The number of hydrogen-bond donors (Lipinski definition) is 3. The van der Waals surface area contributed by atoms with Crippen LogP contribution in [0.2, 0.25) is 0 Å². The number of nitrogens with zero attached hydrogens (tertiary/aromatic N) is 1. The SMILES string of the molecule is Nc1cccc(N)c1CN(C=O)C1CCC(=O)NC1=O. The van der Waals surface area contributed by atoms with Gasteiger partial charge < -0.3 is 16.4 Å². The zero-order valence-corrected chi connectivity index (χ0v) is 10.8. The fraction of sp³-hybridized carbons (Fsp3) is 0.308. The van der Waals surface area contributed by atoms with Crippen LogP contribution in [0.3, 0.4) is 0 Å². The molecule has 0 aliphatic carbocycles. The van der Waals surface area contributed by atoms with E-state index in [0.29, 0.717) is 29.8 Å². The van der Waals surface area contributed by atoms with Crippen LogP contribution in [0, 0.1) is 0 Å². The summed E-state index contributed by atoms with van der Waals surface area (Å²) in [5.74, 6) is -0.794. The van der Waals surface area contributed by atoms with Crippen LogP contribution in [-0.2, 0) is 20.9 Å². The number of hydrogen-bond acceptors (Lipinski definition) is 5. The summed E-state index contributed by atoms with van der Waals surface area (Å²) in [6, 6.07) is 4.40. The van der Waals surface area contributed by atoms with Gasteiger partial charge in [0.05, 0.1) is 6.54 Å². The molecule has 1 aromatic carbocycles. The lowest BCUT2D eigenvalue weighted by Crippen LogP contribution is -2.51. The van der Waals surface area contributed by atoms with E-state index in [4.69, 9.17) is 11.5 Å². The van der Waals surface area contributed by atoms with Crippen LogP contribution in [0.25, 0.3) is 0 Å². The summed E-state index contributed by atoms with van der Waals surface area (Å²) in [5.41, 5.74) is 13.2. The number of carbonyl (C=O) groups excluding carboxylic acids is 3. The summed E-state index contributed by atoms with van der Waals surface area (Å²) in [7, 11) is 0. The molecule has 7 heteroatoms. The van der Waals surface area contributed by atoms with Crippen molar-refractivity contribution in [3.05, 3.63) is 23.8 Å². The van der Waals surface area contributed by atoms with Gasteiger partial charge in [0.1, 0.15) is 6.04 Å². The summed E-state index contributed by atoms with van der Waals surface area (Å²) >= 11 is 0. The van der Waals surface area contributed by atoms with Gasteiger partial charge in [0.25, 0.3) is 0 Å². The summed E-state index contributed by atoms with van der Waals surface area (Å²) in [6.45, 7) is 0.133. The van der Waals surface area contributed by atoms with Crippen LogP contribution < -0.4 is 16.8 Å². The first kappa shape index (κ1) is 13.9. The van der Waals surface area contributed by atoms with Gasteiger partial charge in [-0.05, 0) is 18.6 Å². The smallest absolute Gasteiger partial charge is 0.249 e. The van der Waals surface area contributed by atoms with Crippen molar-refractivity contribution >= 4 is 29.6 Å². The number of piperidine rings is 1. The molecule has 2 rings (SSSR count). The number of carbonyl (C=O) groups is 3. The third kappa shape index (κ3) is 2.71. The van der Waals surface area contributed by atoms with Crippen LogP contribution in [-0.4, -0.2) is 29.2 Å². The molecule has 20 heavy (non-hydrogen) atoms. The molecular weight excluding hydrogens is 260 g/mol. The maximum absolute atomic E-state index is 11.8. The second-order valence-corrected chi connectivity index (χ2v) is 4.66. The fourth-order valence-corrected chi connectivity index (χ4v) is 2.21. The number of benzene rings is 1. The predicted molar refractivity (Wildman–Crippen MR) is 73.0 cm³/mol. The van der Waals surface area contributed by atoms with E-state index in [1.807, 2.05) is 0 Å². The zero-order valence-electron chi connectivity index (χ0n) is 10.8. The minimum Gasteiger partial charge on any atom is -0.398 e. The van der Waals surface area contributed by atoms with Gasteiger partial charge in [-0.25, -0.2) is 0 Å². The zero-order chi connectivity index (χ0) is 14.7. The molecule has 1 aliphatic rings. The van der Waals surface area contributed by atoms with Gasteiger partial charge in [0.2, 0.25) is 18.2 Å². The highest BCUT2D eigenvalue weighted by molar-refractivity contribution is 6.00. The highest BCUT2D eigenvalue weighted by Gasteiger charge is 2.31. The maximum Gasteiger partial charge on any atom is 0.249 e. The van der Waals surface area contributed by atoms with Gasteiger partial charge in [0.15, 0.2) is 0 Å². The molecule has 5 N–H and O–H groups in total. The predicted octanol–water partition coefficient (Wildman–Crippen LogP) is -0.385. The van der Waals surface area contributed by atoms with Crippen molar-refractivity contribution in [2.45, 2.75) is 25.4 Å². The fourth-order valence-electron chi connectivity index (χ4n) is 2.21. The molecule has 1 atom stereocenters. The van der Waals surface area contributed by atoms with E-state index in [0.717, 1.165) is 0 Å². The molecule has 1 fully saturated rings. The Morgan fingerprint density at radius 2 is 1.95 bits per heavy atom. The van der Waals surface area contributed by atoms with Crippen LogP contribution in [0.15, 0.2) is 18.2 Å². The number of amides is 3. The molecule has 0 spiro atoms. The lowest BCUT2D eigenvalue weighted by molar-refractivity contribution is -0.141. The van der Waals surface area contributed by atoms with Crippen molar-refractivity contribution in [1.82, 2.24) is 10.2 Å². The second kappa shape index (κ2) is 5.60. The van der Waals surface area contributed by atoms with E-state index >= 15 is 0 Å². The Kier molecular flexibility index (Phi) is 3.88. The van der Waals surface area contributed by atoms with Gasteiger partial charge in [-0.2, -0.15) is 0 Å². The molecule has 106 valence electrons. The Morgan fingerprint density at radius 3 is 2.50 bits per heavy atom. The number of nitrogens with two attached hydrogens (primary N) is 2. The largest absolute Gasteiger partial charge is 0.398 e. The van der Waals surface area contributed by atoms with E-state index in [1.54, 1.807) is 18.2 Å². The Bertz CT molecular complexity index is 538. The van der Waals surface area contributed by atoms with Gasteiger partial charge in [-0.1, -0.05) is 6.07 Å². The van der Waals surface area contributed by atoms with Crippen molar-refractivity contribution in [2.75, 3.05) is 11.5 Å². The topological polar surface area (TPSA) is 119 Å². The highest BCUT2D eigenvalue weighted by Crippen LogP contribution is 2.23. The summed E-state index contributed by atoms with van der Waals surface area (Å²) in [4.78, 5) is 35.4. The van der Waals surface area contributed by atoms with Gasteiger partial charge in [-0.3, -0.25) is 19.7 Å². The van der Waals surface area contributed by atoms with Crippen LogP contribution in [0.1, 0.15) is 18.4 Å². The van der Waals surface area contributed by atoms with E-state index in [9.17, 15) is 14.4 Å². The Morgan fingerprint density at radius 1 is 1.30 bits per heavy atom. The molecule has 0 radical (unpaired) electrons. The minimum atomic E-state index is -0.677.